The summed E-state index contributed by atoms with van der Waals surface area (Å²) in [6.07, 6.45) is 4.45. The van der Waals surface area contributed by atoms with Gasteiger partial charge in [0, 0.05) is 44.4 Å². The SMILES string of the molecule is Cc1cccc([C@@H](Cc2cc(N(C)C)nc(C3CC3)n2)NC(=O)c2cnc(C)nc2C)c1. The number of rotatable bonds is 7. The molecule has 0 radical (unpaired) electrons. The lowest BCUT2D eigenvalue weighted by Crippen LogP contribution is -2.31. The molecule has 1 aliphatic rings. The second kappa shape index (κ2) is 9.02. The van der Waals surface area contributed by atoms with E-state index in [1.165, 1.54) is 0 Å². The van der Waals surface area contributed by atoms with E-state index < -0.39 is 0 Å². The third kappa shape index (κ3) is 5.10. The Bertz CT molecular complexity index is 1120. The molecule has 1 fully saturated rings. The van der Waals surface area contributed by atoms with E-state index in [9.17, 15) is 4.79 Å². The number of anilines is 1. The minimum atomic E-state index is -0.236. The number of nitrogens with zero attached hydrogens (tertiary/aromatic N) is 5. The second-order valence-corrected chi connectivity index (χ2v) is 8.80. The smallest absolute Gasteiger partial charge is 0.255 e. The van der Waals surface area contributed by atoms with Gasteiger partial charge in [-0.3, -0.25) is 4.79 Å². The zero-order chi connectivity index (χ0) is 22.8. The predicted octanol–water partition coefficient (Wildman–Crippen LogP) is 3.85. The molecule has 7 nitrogen and oxygen atoms in total. The summed E-state index contributed by atoms with van der Waals surface area (Å²) in [6, 6.07) is 10.0. The summed E-state index contributed by atoms with van der Waals surface area (Å²) in [6.45, 7) is 5.71. The lowest BCUT2D eigenvalue weighted by Gasteiger charge is -2.21. The molecule has 1 aliphatic carbocycles. The van der Waals surface area contributed by atoms with Crippen LogP contribution in [0.3, 0.4) is 0 Å². The highest BCUT2D eigenvalue weighted by molar-refractivity contribution is 5.95. The van der Waals surface area contributed by atoms with Crippen LogP contribution in [-0.2, 0) is 6.42 Å². The van der Waals surface area contributed by atoms with Gasteiger partial charge in [-0.25, -0.2) is 19.9 Å². The van der Waals surface area contributed by atoms with Gasteiger partial charge in [0.2, 0.25) is 0 Å². The van der Waals surface area contributed by atoms with E-state index in [4.69, 9.17) is 9.97 Å². The molecule has 1 atom stereocenters. The van der Waals surface area contributed by atoms with Gasteiger partial charge in [0.05, 0.1) is 17.3 Å². The number of hydrogen-bond acceptors (Lipinski definition) is 6. The van der Waals surface area contributed by atoms with Crippen molar-refractivity contribution in [2.45, 2.75) is 52.0 Å². The van der Waals surface area contributed by atoms with Crippen LogP contribution < -0.4 is 10.2 Å². The van der Waals surface area contributed by atoms with Crippen LogP contribution in [0, 0.1) is 20.8 Å². The Morgan fingerprint density at radius 2 is 1.91 bits per heavy atom. The summed E-state index contributed by atoms with van der Waals surface area (Å²) in [5, 5.41) is 3.21. The number of carbonyl (C=O) groups excluding carboxylic acids is 1. The summed E-state index contributed by atoms with van der Waals surface area (Å²) in [5.41, 5.74) is 4.28. The lowest BCUT2D eigenvalue weighted by molar-refractivity contribution is 0.0935. The molecular formula is C25H30N6O. The maximum Gasteiger partial charge on any atom is 0.255 e. The van der Waals surface area contributed by atoms with E-state index in [1.807, 2.05) is 51.0 Å². The van der Waals surface area contributed by atoms with Gasteiger partial charge < -0.3 is 10.2 Å². The van der Waals surface area contributed by atoms with Gasteiger partial charge in [-0.1, -0.05) is 29.8 Å². The number of nitrogens with one attached hydrogen (secondary N) is 1. The third-order valence-corrected chi connectivity index (χ3v) is 5.69. The first-order chi connectivity index (χ1) is 15.3. The molecule has 3 aromatic rings. The van der Waals surface area contributed by atoms with Crippen LogP contribution in [0.5, 0.6) is 0 Å². The topological polar surface area (TPSA) is 83.9 Å². The monoisotopic (exact) mass is 430 g/mol. The van der Waals surface area contributed by atoms with Crippen LogP contribution >= 0.6 is 0 Å². The van der Waals surface area contributed by atoms with Crippen molar-refractivity contribution in [2.24, 2.45) is 0 Å². The van der Waals surface area contributed by atoms with E-state index in [0.29, 0.717) is 29.4 Å². The van der Waals surface area contributed by atoms with Crippen LogP contribution in [0.1, 0.15) is 69.3 Å². The Labute approximate surface area is 189 Å². The van der Waals surface area contributed by atoms with Crippen molar-refractivity contribution in [1.82, 2.24) is 25.3 Å². The first-order valence-electron chi connectivity index (χ1n) is 11.0. The Morgan fingerprint density at radius 1 is 1.12 bits per heavy atom. The van der Waals surface area contributed by atoms with Gasteiger partial charge in [0.25, 0.3) is 5.91 Å². The summed E-state index contributed by atoms with van der Waals surface area (Å²) in [4.78, 5) is 33.3. The molecule has 4 rings (SSSR count). The molecule has 2 aromatic heterocycles. The fraction of sp³-hybridized carbons (Fsp3) is 0.400. The van der Waals surface area contributed by atoms with Crippen molar-refractivity contribution in [1.29, 1.82) is 0 Å². The Kier molecular flexibility index (Phi) is 6.17. The molecule has 2 heterocycles. The summed E-state index contributed by atoms with van der Waals surface area (Å²) >= 11 is 0. The van der Waals surface area contributed by atoms with Crippen molar-refractivity contribution in [2.75, 3.05) is 19.0 Å². The van der Waals surface area contributed by atoms with Crippen LogP contribution in [0.25, 0.3) is 0 Å². The summed E-state index contributed by atoms with van der Waals surface area (Å²) in [5.74, 6) is 2.72. The fourth-order valence-electron chi connectivity index (χ4n) is 3.75. The van der Waals surface area contributed by atoms with E-state index in [2.05, 4.69) is 34.3 Å². The van der Waals surface area contributed by atoms with Gasteiger partial charge in [0.15, 0.2) is 0 Å². The number of carbonyl (C=O) groups is 1. The molecule has 1 aromatic carbocycles. The second-order valence-electron chi connectivity index (χ2n) is 8.80. The molecule has 32 heavy (non-hydrogen) atoms. The molecule has 0 bridgehead atoms. The highest BCUT2D eigenvalue weighted by atomic mass is 16.1. The Balaban J connectivity index is 1.67. The number of hydrogen-bond donors (Lipinski definition) is 1. The number of benzene rings is 1. The van der Waals surface area contributed by atoms with Crippen LogP contribution in [0.2, 0.25) is 0 Å². The minimum Gasteiger partial charge on any atom is -0.363 e. The van der Waals surface area contributed by atoms with Crippen LogP contribution in [0.15, 0.2) is 36.5 Å². The molecule has 166 valence electrons. The molecule has 0 spiro atoms. The average Bonchev–Trinajstić information content (AvgIpc) is 3.58. The number of aromatic nitrogens is 4. The standard InChI is InChI=1S/C25H30N6O/c1-15-7-6-8-19(11-15)22(29-25(32)21-14-26-17(3)27-16(21)2)12-20-13-23(31(4)5)30-24(28-20)18-9-10-18/h6-8,11,13-14,18,22H,9-10,12H2,1-5H3,(H,29,32)/t22-/m1/s1. The third-order valence-electron chi connectivity index (χ3n) is 5.69. The maximum atomic E-state index is 13.2. The zero-order valence-corrected chi connectivity index (χ0v) is 19.4. The summed E-state index contributed by atoms with van der Waals surface area (Å²) < 4.78 is 0. The van der Waals surface area contributed by atoms with E-state index in [1.54, 1.807) is 6.20 Å². The Morgan fingerprint density at radius 3 is 2.56 bits per heavy atom. The Hall–Kier alpha value is -3.35. The van der Waals surface area contributed by atoms with Gasteiger partial charge in [-0.2, -0.15) is 0 Å². The number of aryl methyl sites for hydroxylation is 3. The first kappa shape index (κ1) is 21.9. The van der Waals surface area contributed by atoms with E-state index in [0.717, 1.165) is 41.3 Å². The van der Waals surface area contributed by atoms with Gasteiger partial charge in [-0.05, 0) is 39.2 Å². The molecule has 7 heteroatoms. The molecular weight excluding hydrogens is 400 g/mol. The molecule has 0 unspecified atom stereocenters. The molecule has 0 aliphatic heterocycles. The van der Waals surface area contributed by atoms with Crippen molar-refractivity contribution in [3.63, 3.8) is 0 Å². The quantitative estimate of drug-likeness (QED) is 0.613. The lowest BCUT2D eigenvalue weighted by atomic mass is 9.99. The number of amides is 1. The normalized spacial score (nSPS) is 14.2. The molecule has 1 N–H and O–H groups in total. The molecule has 1 saturated carbocycles. The van der Waals surface area contributed by atoms with Gasteiger partial charge in [0.1, 0.15) is 17.5 Å². The van der Waals surface area contributed by atoms with Gasteiger partial charge in [-0.15, -0.1) is 0 Å². The van der Waals surface area contributed by atoms with E-state index >= 15 is 0 Å². The van der Waals surface area contributed by atoms with Crippen molar-refractivity contribution in [3.8, 4) is 0 Å². The van der Waals surface area contributed by atoms with Crippen molar-refractivity contribution >= 4 is 11.7 Å². The predicted molar refractivity (Wildman–Crippen MR) is 125 cm³/mol. The fourth-order valence-corrected chi connectivity index (χ4v) is 3.75. The highest BCUT2D eigenvalue weighted by Crippen LogP contribution is 2.38. The highest BCUT2D eigenvalue weighted by Gasteiger charge is 2.28. The van der Waals surface area contributed by atoms with Crippen molar-refractivity contribution < 1.29 is 4.79 Å². The largest absolute Gasteiger partial charge is 0.363 e. The van der Waals surface area contributed by atoms with E-state index in [-0.39, 0.29) is 11.9 Å². The molecule has 0 saturated heterocycles. The molecule has 1 amide bonds. The average molecular weight is 431 g/mol. The maximum absolute atomic E-state index is 13.2. The van der Waals surface area contributed by atoms with Gasteiger partial charge >= 0.3 is 0 Å². The minimum absolute atomic E-state index is 0.182. The van der Waals surface area contributed by atoms with Crippen molar-refractivity contribution in [3.05, 3.63) is 76.3 Å². The van der Waals surface area contributed by atoms with Crippen LogP contribution in [0.4, 0.5) is 5.82 Å². The first-order valence-corrected chi connectivity index (χ1v) is 11.0. The zero-order valence-electron chi connectivity index (χ0n) is 19.4. The summed E-state index contributed by atoms with van der Waals surface area (Å²) in [7, 11) is 3.98. The van der Waals surface area contributed by atoms with Crippen LogP contribution in [-0.4, -0.2) is 39.9 Å².